The third kappa shape index (κ3) is 2.48. The number of nitrogens with zero attached hydrogens (tertiary/aromatic N) is 1. The van der Waals surface area contributed by atoms with Crippen LogP contribution in [0.3, 0.4) is 0 Å². The highest BCUT2D eigenvalue weighted by atomic mass is 79.9. The van der Waals surface area contributed by atoms with Gasteiger partial charge in [-0.05, 0) is 34.5 Å². The molecule has 1 aromatic heterocycles. The van der Waals surface area contributed by atoms with E-state index in [9.17, 15) is 4.39 Å². The number of H-pyrrole nitrogens is 1. The lowest BCUT2D eigenvalue weighted by atomic mass is 10.2. The predicted octanol–water partition coefficient (Wildman–Crippen LogP) is 2.87. The van der Waals surface area contributed by atoms with Crippen LogP contribution in [0.25, 0.3) is 0 Å². The molecule has 0 saturated carbocycles. The van der Waals surface area contributed by atoms with Crippen molar-refractivity contribution in [1.82, 2.24) is 10.2 Å². The Morgan fingerprint density at radius 3 is 2.88 bits per heavy atom. The van der Waals surface area contributed by atoms with E-state index < -0.39 is 5.82 Å². The number of aromatic nitrogens is 2. The van der Waals surface area contributed by atoms with Gasteiger partial charge in [-0.2, -0.15) is 0 Å². The lowest BCUT2D eigenvalue weighted by Gasteiger charge is -2.07. The summed E-state index contributed by atoms with van der Waals surface area (Å²) < 4.78 is 19.5. The van der Waals surface area contributed by atoms with Crippen molar-refractivity contribution in [2.24, 2.45) is 5.73 Å². The number of nitrogens with one attached hydrogen (secondary N) is 1. The molecule has 0 radical (unpaired) electrons. The van der Waals surface area contributed by atoms with Crippen LogP contribution in [0.1, 0.15) is 11.3 Å². The van der Waals surface area contributed by atoms with Crippen molar-refractivity contribution < 1.29 is 9.13 Å². The van der Waals surface area contributed by atoms with Gasteiger partial charge in [0, 0.05) is 18.3 Å². The fourth-order valence-electron chi connectivity index (χ4n) is 1.37. The van der Waals surface area contributed by atoms with Gasteiger partial charge in [0.15, 0.2) is 11.6 Å². The number of benzene rings is 1. The van der Waals surface area contributed by atoms with Crippen LogP contribution in [0.5, 0.6) is 11.6 Å². The first-order valence-electron chi connectivity index (χ1n) is 4.98. The normalized spacial score (nSPS) is 10.6. The number of ether oxygens (including phenoxy) is 1. The van der Waals surface area contributed by atoms with Crippen molar-refractivity contribution in [3.05, 3.63) is 39.7 Å². The Kier molecular flexibility index (Phi) is 3.44. The summed E-state index contributed by atoms with van der Waals surface area (Å²) in [5.41, 5.74) is 7.00. The zero-order valence-corrected chi connectivity index (χ0v) is 10.7. The molecule has 2 rings (SSSR count). The fourth-order valence-corrected chi connectivity index (χ4v) is 1.86. The third-order valence-corrected chi connectivity index (χ3v) is 3.10. The summed E-state index contributed by atoms with van der Waals surface area (Å²) in [6.07, 6.45) is 0. The Labute approximate surface area is 106 Å². The predicted molar refractivity (Wildman–Crippen MR) is 65.4 cm³/mol. The molecule has 6 heteroatoms. The molecule has 0 amide bonds. The van der Waals surface area contributed by atoms with Crippen molar-refractivity contribution in [1.29, 1.82) is 0 Å². The van der Waals surface area contributed by atoms with Gasteiger partial charge >= 0.3 is 0 Å². The summed E-state index contributed by atoms with van der Waals surface area (Å²) in [6, 6.07) is 4.93. The molecule has 4 nitrogen and oxygen atoms in total. The molecule has 0 atom stereocenters. The van der Waals surface area contributed by atoms with Gasteiger partial charge in [0.25, 0.3) is 0 Å². The molecule has 0 aliphatic carbocycles. The average molecular weight is 300 g/mol. The van der Waals surface area contributed by atoms with Crippen LogP contribution in [0.4, 0.5) is 4.39 Å². The van der Waals surface area contributed by atoms with E-state index in [0.717, 1.165) is 5.69 Å². The highest BCUT2D eigenvalue weighted by molar-refractivity contribution is 9.10. The summed E-state index contributed by atoms with van der Waals surface area (Å²) in [6.45, 7) is 2.10. The van der Waals surface area contributed by atoms with Crippen molar-refractivity contribution in [2.45, 2.75) is 13.5 Å². The summed E-state index contributed by atoms with van der Waals surface area (Å²) in [5.74, 6) is -0.0389. The van der Waals surface area contributed by atoms with Gasteiger partial charge in [-0.3, -0.25) is 5.10 Å². The van der Waals surface area contributed by atoms with Crippen molar-refractivity contribution >= 4 is 15.9 Å². The number of hydrogen-bond donors (Lipinski definition) is 2. The maximum absolute atomic E-state index is 13.9. The monoisotopic (exact) mass is 299 g/mol. The summed E-state index contributed by atoms with van der Waals surface area (Å²) in [4.78, 5) is 0. The maximum atomic E-state index is 13.9. The van der Waals surface area contributed by atoms with Crippen LogP contribution in [0.15, 0.2) is 22.7 Å². The SMILES string of the molecule is Cc1cc(Oc2ccc(CN)c(Br)c2F)n[nH]1. The highest BCUT2D eigenvalue weighted by Gasteiger charge is 2.13. The summed E-state index contributed by atoms with van der Waals surface area (Å²) >= 11 is 3.15. The first-order valence-corrected chi connectivity index (χ1v) is 5.78. The molecule has 0 aliphatic rings. The molecule has 0 spiro atoms. The van der Waals surface area contributed by atoms with Gasteiger partial charge in [0.05, 0.1) is 4.47 Å². The molecule has 90 valence electrons. The van der Waals surface area contributed by atoms with E-state index in [0.29, 0.717) is 15.9 Å². The van der Waals surface area contributed by atoms with E-state index in [4.69, 9.17) is 10.5 Å². The minimum absolute atomic E-state index is 0.112. The second-order valence-electron chi connectivity index (χ2n) is 3.55. The minimum Gasteiger partial charge on any atom is -0.434 e. The number of rotatable bonds is 3. The van der Waals surface area contributed by atoms with Crippen LogP contribution in [0, 0.1) is 12.7 Å². The van der Waals surface area contributed by atoms with Crippen LogP contribution < -0.4 is 10.5 Å². The molecule has 17 heavy (non-hydrogen) atoms. The Bertz CT molecular complexity index is 542. The van der Waals surface area contributed by atoms with E-state index in [1.54, 1.807) is 12.1 Å². The molecule has 0 saturated heterocycles. The zero-order chi connectivity index (χ0) is 12.4. The lowest BCUT2D eigenvalue weighted by molar-refractivity contribution is 0.424. The molecule has 0 bridgehead atoms. The Morgan fingerprint density at radius 1 is 1.53 bits per heavy atom. The molecule has 0 unspecified atom stereocenters. The van der Waals surface area contributed by atoms with Gasteiger partial charge < -0.3 is 10.5 Å². The first-order chi connectivity index (χ1) is 8.11. The topological polar surface area (TPSA) is 63.9 Å². The summed E-state index contributed by atoms with van der Waals surface area (Å²) in [7, 11) is 0. The fraction of sp³-hybridized carbons (Fsp3) is 0.182. The van der Waals surface area contributed by atoms with E-state index >= 15 is 0 Å². The van der Waals surface area contributed by atoms with Crippen LogP contribution in [0.2, 0.25) is 0 Å². The van der Waals surface area contributed by atoms with Gasteiger partial charge in [-0.25, -0.2) is 4.39 Å². The molecule has 1 heterocycles. The summed E-state index contributed by atoms with van der Waals surface area (Å²) in [5, 5.41) is 6.59. The number of halogens is 2. The molecule has 1 aromatic carbocycles. The zero-order valence-electron chi connectivity index (χ0n) is 9.13. The Balaban J connectivity index is 2.31. The lowest BCUT2D eigenvalue weighted by Crippen LogP contribution is -2.00. The highest BCUT2D eigenvalue weighted by Crippen LogP contribution is 2.31. The third-order valence-electron chi connectivity index (χ3n) is 2.24. The van der Waals surface area contributed by atoms with Gasteiger partial charge in [-0.1, -0.05) is 6.07 Å². The largest absolute Gasteiger partial charge is 0.434 e. The van der Waals surface area contributed by atoms with Crippen molar-refractivity contribution in [2.75, 3.05) is 0 Å². The average Bonchev–Trinajstić information content (AvgIpc) is 2.71. The molecule has 0 aliphatic heterocycles. The van der Waals surface area contributed by atoms with E-state index in [1.807, 2.05) is 6.92 Å². The second kappa shape index (κ2) is 4.85. The molecule has 2 aromatic rings. The Morgan fingerprint density at radius 2 is 2.29 bits per heavy atom. The van der Waals surface area contributed by atoms with E-state index in [-0.39, 0.29) is 12.3 Å². The van der Waals surface area contributed by atoms with E-state index in [1.165, 1.54) is 6.07 Å². The van der Waals surface area contributed by atoms with Crippen LogP contribution >= 0.6 is 15.9 Å². The maximum Gasteiger partial charge on any atom is 0.238 e. The van der Waals surface area contributed by atoms with Crippen LogP contribution in [-0.4, -0.2) is 10.2 Å². The molecular weight excluding hydrogens is 289 g/mol. The van der Waals surface area contributed by atoms with Gasteiger partial charge in [0.2, 0.25) is 5.88 Å². The second-order valence-corrected chi connectivity index (χ2v) is 4.34. The number of nitrogens with two attached hydrogens (primary N) is 1. The quantitative estimate of drug-likeness (QED) is 0.916. The van der Waals surface area contributed by atoms with Gasteiger partial charge in [0.1, 0.15) is 0 Å². The number of hydrogen-bond acceptors (Lipinski definition) is 3. The first kappa shape index (κ1) is 12.1. The number of aromatic amines is 1. The van der Waals surface area contributed by atoms with Crippen molar-refractivity contribution in [3.63, 3.8) is 0 Å². The molecular formula is C11H11BrFN3O. The standard InChI is InChI=1S/C11H11BrFN3O/c1-6-4-9(16-15-6)17-8-3-2-7(5-14)10(12)11(8)13/h2-4H,5,14H2,1H3,(H,15,16). The number of aryl methyl sites for hydroxylation is 1. The van der Waals surface area contributed by atoms with Gasteiger partial charge in [-0.15, -0.1) is 5.10 Å². The minimum atomic E-state index is -0.478. The van der Waals surface area contributed by atoms with E-state index in [2.05, 4.69) is 26.1 Å². The van der Waals surface area contributed by atoms with Crippen LogP contribution in [-0.2, 0) is 6.54 Å². The smallest absolute Gasteiger partial charge is 0.238 e. The molecule has 3 N–H and O–H groups in total. The Hall–Kier alpha value is -1.40. The van der Waals surface area contributed by atoms with Crippen molar-refractivity contribution in [3.8, 4) is 11.6 Å². The molecule has 0 fully saturated rings.